The minimum atomic E-state index is -3.72. The first kappa shape index (κ1) is 15.1. The fraction of sp³-hybridized carbons (Fsp3) is 0.143. The lowest BCUT2D eigenvalue weighted by atomic mass is 10.2. The second-order valence-electron chi connectivity index (χ2n) is 4.43. The second kappa shape index (κ2) is 5.63. The van der Waals surface area contributed by atoms with Crippen molar-refractivity contribution in [2.24, 2.45) is 5.14 Å². The number of benzene rings is 2. The number of anilines is 2. The fourth-order valence-corrected chi connectivity index (χ4v) is 2.46. The quantitative estimate of drug-likeness (QED) is 0.898. The van der Waals surface area contributed by atoms with E-state index in [1.54, 1.807) is 42.3 Å². The normalized spacial score (nSPS) is 11.2. The number of aromatic hydroxyl groups is 1. The average Bonchev–Trinajstić information content (AvgIpc) is 2.46. The molecule has 0 aliphatic heterocycles. The third kappa shape index (κ3) is 3.09. The van der Waals surface area contributed by atoms with Crippen molar-refractivity contribution in [1.82, 2.24) is 0 Å². The molecular formula is C14H16N2O4S. The number of phenols is 1. The van der Waals surface area contributed by atoms with Crippen LogP contribution in [0.3, 0.4) is 0 Å². The summed E-state index contributed by atoms with van der Waals surface area (Å²) in [4.78, 5) is 1.75. The van der Waals surface area contributed by atoms with E-state index in [-0.39, 0.29) is 10.6 Å². The Morgan fingerprint density at radius 3 is 2.29 bits per heavy atom. The minimum Gasteiger partial charge on any atom is -0.503 e. The van der Waals surface area contributed by atoms with E-state index < -0.39 is 10.0 Å². The van der Waals surface area contributed by atoms with E-state index in [4.69, 9.17) is 9.88 Å². The highest BCUT2D eigenvalue weighted by Gasteiger charge is 2.14. The van der Waals surface area contributed by atoms with Gasteiger partial charge < -0.3 is 14.7 Å². The van der Waals surface area contributed by atoms with Gasteiger partial charge in [0.1, 0.15) is 0 Å². The van der Waals surface area contributed by atoms with Crippen LogP contribution in [0.25, 0.3) is 0 Å². The first-order valence-corrected chi connectivity index (χ1v) is 7.62. The number of primary sulfonamides is 1. The van der Waals surface area contributed by atoms with Gasteiger partial charge in [0.15, 0.2) is 11.5 Å². The first-order chi connectivity index (χ1) is 9.84. The Balaban J connectivity index is 2.39. The number of nitrogens with zero attached hydrogens (tertiary/aromatic N) is 1. The predicted octanol–water partition coefficient (Wildman–Crippen LogP) is 1.82. The molecule has 0 aliphatic rings. The summed E-state index contributed by atoms with van der Waals surface area (Å²) in [5, 5.41) is 15.2. The van der Waals surface area contributed by atoms with Crippen molar-refractivity contribution < 1.29 is 18.3 Å². The Morgan fingerprint density at radius 2 is 1.76 bits per heavy atom. The number of ether oxygens (including phenoxy) is 1. The van der Waals surface area contributed by atoms with Crippen molar-refractivity contribution >= 4 is 21.4 Å². The van der Waals surface area contributed by atoms with Gasteiger partial charge in [-0.1, -0.05) is 6.07 Å². The zero-order chi connectivity index (χ0) is 15.6. The fourth-order valence-electron chi connectivity index (χ4n) is 1.94. The number of sulfonamides is 1. The Morgan fingerprint density at radius 1 is 1.14 bits per heavy atom. The Bertz CT molecular complexity index is 742. The van der Waals surface area contributed by atoms with E-state index in [9.17, 15) is 13.5 Å². The van der Waals surface area contributed by atoms with Crippen LogP contribution in [0.4, 0.5) is 11.4 Å². The van der Waals surface area contributed by atoms with E-state index in [0.29, 0.717) is 17.1 Å². The van der Waals surface area contributed by atoms with E-state index in [0.717, 1.165) is 0 Å². The summed E-state index contributed by atoms with van der Waals surface area (Å²) < 4.78 is 27.5. The number of hydrogen-bond donors (Lipinski definition) is 2. The van der Waals surface area contributed by atoms with Crippen LogP contribution in [0.5, 0.6) is 11.5 Å². The molecule has 0 spiro atoms. The van der Waals surface area contributed by atoms with Crippen LogP contribution in [-0.2, 0) is 10.0 Å². The molecule has 7 heteroatoms. The van der Waals surface area contributed by atoms with Gasteiger partial charge in [-0.25, -0.2) is 13.6 Å². The number of rotatable bonds is 4. The summed E-state index contributed by atoms with van der Waals surface area (Å²) in [6.07, 6.45) is 0. The molecule has 0 saturated carbocycles. The molecule has 0 aliphatic carbocycles. The highest BCUT2D eigenvalue weighted by Crippen LogP contribution is 2.38. The summed E-state index contributed by atoms with van der Waals surface area (Å²) >= 11 is 0. The molecule has 2 aromatic carbocycles. The Labute approximate surface area is 123 Å². The Kier molecular flexibility index (Phi) is 4.06. The van der Waals surface area contributed by atoms with Crippen molar-refractivity contribution in [3.8, 4) is 11.5 Å². The molecule has 21 heavy (non-hydrogen) atoms. The van der Waals surface area contributed by atoms with Gasteiger partial charge in [0.05, 0.1) is 17.7 Å². The number of hydrogen-bond acceptors (Lipinski definition) is 5. The molecule has 6 nitrogen and oxygen atoms in total. The third-order valence-electron chi connectivity index (χ3n) is 3.11. The summed E-state index contributed by atoms with van der Waals surface area (Å²) in [5.74, 6) is 0.374. The van der Waals surface area contributed by atoms with E-state index >= 15 is 0 Å². The van der Waals surface area contributed by atoms with Crippen LogP contribution in [-0.4, -0.2) is 27.7 Å². The van der Waals surface area contributed by atoms with Gasteiger partial charge in [0.2, 0.25) is 10.0 Å². The SMILES string of the molecule is COc1cccc(N(C)c2ccc(S(N)(=O)=O)cc2)c1O. The molecule has 2 aromatic rings. The molecular weight excluding hydrogens is 292 g/mol. The van der Waals surface area contributed by atoms with Gasteiger partial charge >= 0.3 is 0 Å². The highest BCUT2D eigenvalue weighted by molar-refractivity contribution is 7.89. The lowest BCUT2D eigenvalue weighted by Gasteiger charge is -2.21. The van der Waals surface area contributed by atoms with Gasteiger partial charge in [-0.15, -0.1) is 0 Å². The standard InChI is InChI=1S/C14H16N2O4S/c1-16(12-4-3-5-13(20-2)14(12)17)10-6-8-11(9-7-10)21(15,18)19/h3-9,17H,1-2H3,(H2,15,18,19). The third-order valence-corrected chi connectivity index (χ3v) is 4.04. The Hall–Kier alpha value is -2.25. The predicted molar refractivity (Wildman–Crippen MR) is 80.5 cm³/mol. The average molecular weight is 308 g/mol. The van der Waals surface area contributed by atoms with E-state index in [1.807, 2.05) is 0 Å². The van der Waals surface area contributed by atoms with Gasteiger partial charge in [-0.3, -0.25) is 0 Å². The molecule has 0 heterocycles. The van der Waals surface area contributed by atoms with Crippen molar-refractivity contribution in [3.05, 3.63) is 42.5 Å². The maximum Gasteiger partial charge on any atom is 0.238 e. The van der Waals surface area contributed by atoms with Crippen LogP contribution in [0.15, 0.2) is 47.4 Å². The summed E-state index contributed by atoms with van der Waals surface area (Å²) in [6.45, 7) is 0. The molecule has 0 unspecified atom stereocenters. The maximum absolute atomic E-state index is 11.2. The molecule has 0 atom stereocenters. The smallest absolute Gasteiger partial charge is 0.238 e. The molecule has 0 bridgehead atoms. The first-order valence-electron chi connectivity index (χ1n) is 6.07. The van der Waals surface area contributed by atoms with Crippen LogP contribution >= 0.6 is 0 Å². The maximum atomic E-state index is 11.2. The molecule has 3 N–H and O–H groups in total. The van der Waals surface area contributed by atoms with Crippen LogP contribution in [0.1, 0.15) is 0 Å². The van der Waals surface area contributed by atoms with Crippen LogP contribution < -0.4 is 14.8 Å². The lowest BCUT2D eigenvalue weighted by Crippen LogP contribution is -2.13. The largest absolute Gasteiger partial charge is 0.503 e. The zero-order valence-corrected chi connectivity index (χ0v) is 12.5. The van der Waals surface area contributed by atoms with Gasteiger partial charge in [-0.05, 0) is 36.4 Å². The number of phenolic OH excluding ortho intramolecular Hbond substituents is 1. The lowest BCUT2D eigenvalue weighted by molar-refractivity contribution is 0.374. The van der Waals surface area contributed by atoms with Crippen LogP contribution in [0, 0.1) is 0 Å². The minimum absolute atomic E-state index is 0.0121. The molecule has 2 rings (SSSR count). The zero-order valence-electron chi connectivity index (χ0n) is 11.6. The summed E-state index contributed by atoms with van der Waals surface area (Å²) in [5.41, 5.74) is 1.24. The van der Waals surface area contributed by atoms with E-state index in [1.165, 1.54) is 19.2 Å². The van der Waals surface area contributed by atoms with Crippen molar-refractivity contribution in [2.75, 3.05) is 19.1 Å². The van der Waals surface area contributed by atoms with Gasteiger partial charge in [0.25, 0.3) is 0 Å². The second-order valence-corrected chi connectivity index (χ2v) is 5.99. The molecule has 0 amide bonds. The number of nitrogens with two attached hydrogens (primary N) is 1. The molecule has 0 radical (unpaired) electrons. The van der Waals surface area contributed by atoms with Crippen molar-refractivity contribution in [2.45, 2.75) is 4.90 Å². The van der Waals surface area contributed by atoms with Crippen LogP contribution in [0.2, 0.25) is 0 Å². The molecule has 112 valence electrons. The van der Waals surface area contributed by atoms with Gasteiger partial charge in [0, 0.05) is 12.7 Å². The topological polar surface area (TPSA) is 92.9 Å². The van der Waals surface area contributed by atoms with Crippen molar-refractivity contribution in [3.63, 3.8) is 0 Å². The highest BCUT2D eigenvalue weighted by atomic mass is 32.2. The number of para-hydroxylation sites is 1. The van der Waals surface area contributed by atoms with E-state index in [2.05, 4.69) is 0 Å². The summed E-state index contributed by atoms with van der Waals surface area (Å²) in [7, 11) is -0.494. The number of methoxy groups -OCH3 is 1. The summed E-state index contributed by atoms with van der Waals surface area (Å²) in [6, 6.07) is 11.2. The van der Waals surface area contributed by atoms with Crippen molar-refractivity contribution in [1.29, 1.82) is 0 Å². The monoisotopic (exact) mass is 308 g/mol. The molecule has 0 saturated heterocycles. The van der Waals surface area contributed by atoms with Gasteiger partial charge in [-0.2, -0.15) is 0 Å². The molecule has 0 aromatic heterocycles. The molecule has 0 fully saturated rings.